The largest absolute Gasteiger partial charge is 0.422 e. The molecule has 0 radical (unpaired) electrons. The molecule has 26 heavy (non-hydrogen) atoms. The van der Waals surface area contributed by atoms with Crippen LogP contribution in [0.1, 0.15) is 81.5 Å². The van der Waals surface area contributed by atoms with Gasteiger partial charge in [0.1, 0.15) is 11.1 Å². The summed E-state index contributed by atoms with van der Waals surface area (Å²) in [6, 6.07) is 8.82. The molecule has 1 heterocycles. The molecule has 2 aromatic rings. The third-order valence-corrected chi connectivity index (χ3v) is 4.70. The van der Waals surface area contributed by atoms with Gasteiger partial charge >= 0.3 is 5.63 Å². The van der Waals surface area contributed by atoms with E-state index in [4.69, 9.17) is 4.42 Å². The molecule has 1 N–H and O–H groups in total. The molecule has 1 amide bonds. The molecule has 0 saturated carbocycles. The highest BCUT2D eigenvalue weighted by molar-refractivity contribution is 5.96. The molecule has 0 spiro atoms. The molecule has 1 aromatic heterocycles. The lowest BCUT2D eigenvalue weighted by Gasteiger charge is -2.05. The number of nitrogens with one attached hydrogen (secondary N) is 1. The van der Waals surface area contributed by atoms with Gasteiger partial charge in [-0.1, -0.05) is 82.9 Å². The van der Waals surface area contributed by atoms with Crippen LogP contribution >= 0.6 is 0 Å². The number of unbranched alkanes of at least 4 members (excludes halogenated alkanes) is 9. The summed E-state index contributed by atoms with van der Waals surface area (Å²) in [4.78, 5) is 24.1. The first kappa shape index (κ1) is 20.2. The monoisotopic (exact) mass is 357 g/mol. The van der Waals surface area contributed by atoms with Gasteiger partial charge in [0.25, 0.3) is 5.91 Å². The van der Waals surface area contributed by atoms with Gasteiger partial charge in [0.15, 0.2) is 0 Å². The van der Waals surface area contributed by atoms with Crippen molar-refractivity contribution in [3.8, 4) is 0 Å². The molecule has 4 heteroatoms. The summed E-state index contributed by atoms with van der Waals surface area (Å²) in [6.07, 6.45) is 12.6. The van der Waals surface area contributed by atoms with Crippen LogP contribution in [0.25, 0.3) is 11.0 Å². The third kappa shape index (κ3) is 6.66. The van der Waals surface area contributed by atoms with Crippen LogP contribution in [0.5, 0.6) is 0 Å². The molecular weight excluding hydrogens is 326 g/mol. The molecule has 0 atom stereocenters. The van der Waals surface area contributed by atoms with E-state index in [-0.39, 0.29) is 11.5 Å². The van der Waals surface area contributed by atoms with Gasteiger partial charge < -0.3 is 9.73 Å². The lowest BCUT2D eigenvalue weighted by molar-refractivity contribution is 0.0949. The third-order valence-electron chi connectivity index (χ3n) is 4.70. The van der Waals surface area contributed by atoms with Gasteiger partial charge in [0, 0.05) is 11.9 Å². The fraction of sp³-hybridized carbons (Fsp3) is 0.545. The molecule has 0 aliphatic rings. The maximum Gasteiger partial charge on any atom is 0.349 e. The van der Waals surface area contributed by atoms with Crippen LogP contribution in [0.3, 0.4) is 0 Å². The number of benzene rings is 1. The summed E-state index contributed by atoms with van der Waals surface area (Å²) in [5, 5.41) is 3.59. The molecule has 0 bridgehead atoms. The lowest BCUT2D eigenvalue weighted by Crippen LogP contribution is -2.29. The van der Waals surface area contributed by atoms with Crippen molar-refractivity contribution in [1.82, 2.24) is 5.32 Å². The predicted octanol–water partition coefficient (Wildman–Crippen LogP) is 5.44. The summed E-state index contributed by atoms with van der Waals surface area (Å²) in [7, 11) is 0. The number of fused-ring (bicyclic) bond motifs is 1. The van der Waals surface area contributed by atoms with E-state index in [1.807, 2.05) is 12.1 Å². The van der Waals surface area contributed by atoms with Crippen molar-refractivity contribution < 1.29 is 9.21 Å². The van der Waals surface area contributed by atoms with Crippen molar-refractivity contribution in [2.45, 2.75) is 71.1 Å². The second kappa shape index (κ2) is 11.5. The van der Waals surface area contributed by atoms with Crippen LogP contribution in [-0.4, -0.2) is 12.5 Å². The van der Waals surface area contributed by atoms with Crippen LogP contribution in [0.2, 0.25) is 0 Å². The highest BCUT2D eigenvalue weighted by Gasteiger charge is 2.12. The van der Waals surface area contributed by atoms with Crippen LogP contribution < -0.4 is 10.9 Å². The number of carbonyl (C=O) groups excluding carboxylic acids is 1. The maximum absolute atomic E-state index is 12.2. The minimum atomic E-state index is -0.579. The Morgan fingerprint density at radius 3 is 2.23 bits per heavy atom. The summed E-state index contributed by atoms with van der Waals surface area (Å²) < 4.78 is 5.20. The van der Waals surface area contributed by atoms with E-state index in [1.165, 1.54) is 51.4 Å². The van der Waals surface area contributed by atoms with Crippen LogP contribution in [0.15, 0.2) is 39.5 Å². The number of para-hydroxylation sites is 1. The highest BCUT2D eigenvalue weighted by Crippen LogP contribution is 2.13. The Bertz CT molecular complexity index is 735. The van der Waals surface area contributed by atoms with Crippen molar-refractivity contribution in [1.29, 1.82) is 0 Å². The molecule has 2 rings (SSSR count). The van der Waals surface area contributed by atoms with Gasteiger partial charge in [-0.15, -0.1) is 0 Å². The average Bonchev–Trinajstić information content (AvgIpc) is 2.65. The Labute approximate surface area is 156 Å². The van der Waals surface area contributed by atoms with E-state index in [2.05, 4.69) is 12.2 Å². The number of hydrogen-bond donors (Lipinski definition) is 1. The highest BCUT2D eigenvalue weighted by atomic mass is 16.4. The van der Waals surface area contributed by atoms with E-state index in [9.17, 15) is 9.59 Å². The van der Waals surface area contributed by atoms with Crippen molar-refractivity contribution in [3.05, 3.63) is 46.3 Å². The maximum atomic E-state index is 12.2. The Morgan fingerprint density at radius 1 is 0.923 bits per heavy atom. The van der Waals surface area contributed by atoms with Gasteiger partial charge in [-0.3, -0.25) is 4.79 Å². The minimum Gasteiger partial charge on any atom is -0.422 e. The van der Waals surface area contributed by atoms with E-state index in [1.54, 1.807) is 18.2 Å². The van der Waals surface area contributed by atoms with Crippen LogP contribution in [0.4, 0.5) is 0 Å². The SMILES string of the molecule is CCCCCCCCCCCCNC(=O)c1cc2ccccc2oc1=O. The van der Waals surface area contributed by atoms with Crippen molar-refractivity contribution in [3.63, 3.8) is 0 Å². The Balaban J connectivity index is 1.62. The Hall–Kier alpha value is -2.10. The van der Waals surface area contributed by atoms with Gasteiger partial charge in [-0.25, -0.2) is 4.79 Å². The van der Waals surface area contributed by atoms with Gasteiger partial charge in [-0.2, -0.15) is 0 Å². The van der Waals surface area contributed by atoms with Crippen LogP contribution in [-0.2, 0) is 0 Å². The fourth-order valence-corrected chi connectivity index (χ4v) is 3.13. The number of rotatable bonds is 12. The molecule has 0 saturated heterocycles. The first-order valence-corrected chi connectivity index (χ1v) is 10.0. The van der Waals surface area contributed by atoms with E-state index < -0.39 is 5.63 Å². The molecular formula is C22H31NO3. The van der Waals surface area contributed by atoms with Gasteiger partial charge in [0.05, 0.1) is 0 Å². The predicted molar refractivity (Wildman–Crippen MR) is 107 cm³/mol. The van der Waals surface area contributed by atoms with Gasteiger partial charge in [0.2, 0.25) is 0 Å². The standard InChI is InChI=1S/C22H31NO3/c1-2-3-4-5-6-7-8-9-10-13-16-23-21(24)19-17-18-14-11-12-15-20(18)26-22(19)25/h11-12,14-15,17H,2-10,13,16H2,1H3,(H,23,24). The molecule has 0 aliphatic heterocycles. The van der Waals surface area contributed by atoms with E-state index in [0.29, 0.717) is 12.1 Å². The first-order valence-electron chi connectivity index (χ1n) is 10.0. The molecule has 142 valence electrons. The Morgan fingerprint density at radius 2 is 1.54 bits per heavy atom. The number of hydrogen-bond acceptors (Lipinski definition) is 3. The summed E-state index contributed by atoms with van der Waals surface area (Å²) in [6.45, 7) is 2.84. The lowest BCUT2D eigenvalue weighted by atomic mass is 10.1. The molecule has 0 unspecified atom stereocenters. The normalized spacial score (nSPS) is 11.0. The summed E-state index contributed by atoms with van der Waals surface area (Å²) >= 11 is 0. The quantitative estimate of drug-likeness (QED) is 0.406. The molecule has 0 aliphatic carbocycles. The number of carbonyl (C=O) groups is 1. The number of amides is 1. The Kier molecular flexibility index (Phi) is 8.94. The zero-order valence-corrected chi connectivity index (χ0v) is 15.9. The van der Waals surface area contributed by atoms with Crippen molar-refractivity contribution in [2.24, 2.45) is 0 Å². The van der Waals surface area contributed by atoms with Crippen molar-refractivity contribution in [2.75, 3.05) is 6.54 Å². The van der Waals surface area contributed by atoms with E-state index >= 15 is 0 Å². The second-order valence-electron chi connectivity index (χ2n) is 6.92. The minimum absolute atomic E-state index is 0.0794. The zero-order valence-electron chi connectivity index (χ0n) is 15.9. The van der Waals surface area contributed by atoms with E-state index in [0.717, 1.165) is 18.2 Å². The average molecular weight is 357 g/mol. The zero-order chi connectivity index (χ0) is 18.6. The molecule has 0 fully saturated rings. The molecule has 4 nitrogen and oxygen atoms in total. The topological polar surface area (TPSA) is 59.3 Å². The van der Waals surface area contributed by atoms with Crippen LogP contribution in [0, 0.1) is 0 Å². The fourth-order valence-electron chi connectivity index (χ4n) is 3.13. The van der Waals surface area contributed by atoms with Crippen molar-refractivity contribution >= 4 is 16.9 Å². The smallest absolute Gasteiger partial charge is 0.349 e. The molecule has 1 aromatic carbocycles. The van der Waals surface area contributed by atoms with Gasteiger partial charge in [-0.05, 0) is 18.6 Å². The second-order valence-corrected chi connectivity index (χ2v) is 6.92. The summed E-state index contributed by atoms with van der Waals surface area (Å²) in [5.74, 6) is -0.347. The first-order chi connectivity index (χ1) is 12.7. The summed E-state index contributed by atoms with van der Waals surface area (Å²) in [5.41, 5.74) is 0.00352.